The number of para-hydroxylation sites is 1. The van der Waals surface area contributed by atoms with E-state index in [-0.39, 0.29) is 22.9 Å². The second-order valence-electron chi connectivity index (χ2n) is 5.59. The lowest BCUT2D eigenvalue weighted by Crippen LogP contribution is -2.23. The quantitative estimate of drug-likeness (QED) is 0.774. The maximum atomic E-state index is 12.3. The summed E-state index contributed by atoms with van der Waals surface area (Å²) in [7, 11) is 0.572. The first-order valence-corrected chi connectivity index (χ1v) is 9.26. The van der Waals surface area contributed by atoms with E-state index in [0.717, 1.165) is 4.31 Å². The van der Waals surface area contributed by atoms with Crippen LogP contribution in [0.3, 0.4) is 0 Å². The van der Waals surface area contributed by atoms with Crippen molar-refractivity contribution in [2.45, 2.75) is 4.90 Å². The Morgan fingerprint density at radius 1 is 1.19 bits per heavy atom. The molecule has 0 saturated heterocycles. The number of rotatable bonds is 7. The summed E-state index contributed by atoms with van der Waals surface area (Å²) in [5, 5.41) is 11.6. The predicted molar refractivity (Wildman–Crippen MR) is 99.1 cm³/mol. The normalized spacial score (nSPS) is 10.9. The van der Waals surface area contributed by atoms with E-state index < -0.39 is 15.9 Å². The summed E-state index contributed by atoms with van der Waals surface area (Å²) in [4.78, 5) is 12.2. The number of methoxy groups -OCH3 is 1. The molecule has 9 heteroatoms. The number of anilines is 1. The largest absolute Gasteiger partial charge is 0.495 e. The van der Waals surface area contributed by atoms with Crippen LogP contribution in [0.5, 0.6) is 11.5 Å². The van der Waals surface area contributed by atoms with E-state index in [9.17, 15) is 13.2 Å². The fraction of sp³-hybridized carbons (Fsp3) is 0.222. The predicted octanol–water partition coefficient (Wildman–Crippen LogP) is 1.83. The summed E-state index contributed by atoms with van der Waals surface area (Å²) in [5.74, 6) is 0.0602. The SMILES string of the molecule is COc1ccc(S(=O)(=O)N(C)C)cc1NC(=O)COc1ccccc1C#N. The van der Waals surface area contributed by atoms with E-state index in [4.69, 9.17) is 14.7 Å². The minimum atomic E-state index is -3.67. The topological polar surface area (TPSA) is 109 Å². The Morgan fingerprint density at radius 3 is 2.52 bits per heavy atom. The highest BCUT2D eigenvalue weighted by Gasteiger charge is 2.20. The van der Waals surface area contributed by atoms with Gasteiger partial charge in [-0.2, -0.15) is 5.26 Å². The highest BCUT2D eigenvalue weighted by Crippen LogP contribution is 2.28. The maximum Gasteiger partial charge on any atom is 0.262 e. The molecule has 0 heterocycles. The van der Waals surface area contributed by atoms with E-state index in [2.05, 4.69) is 5.32 Å². The number of sulfonamides is 1. The fourth-order valence-corrected chi connectivity index (χ4v) is 3.10. The van der Waals surface area contributed by atoms with Crippen LogP contribution >= 0.6 is 0 Å². The molecule has 0 aromatic heterocycles. The number of nitrogens with zero attached hydrogens (tertiary/aromatic N) is 2. The monoisotopic (exact) mass is 389 g/mol. The lowest BCUT2D eigenvalue weighted by atomic mass is 10.2. The zero-order valence-corrected chi connectivity index (χ0v) is 15.9. The summed E-state index contributed by atoms with van der Waals surface area (Å²) in [6, 6.07) is 12.7. The first kappa shape index (κ1) is 20.2. The number of hydrogen-bond acceptors (Lipinski definition) is 6. The molecule has 0 spiro atoms. The Bertz CT molecular complexity index is 981. The highest BCUT2D eigenvalue weighted by molar-refractivity contribution is 7.89. The van der Waals surface area contributed by atoms with E-state index >= 15 is 0 Å². The number of ether oxygens (including phenoxy) is 2. The number of hydrogen-bond donors (Lipinski definition) is 1. The molecule has 8 nitrogen and oxygen atoms in total. The summed E-state index contributed by atoms with van der Waals surface area (Å²) in [6.07, 6.45) is 0. The number of nitriles is 1. The highest BCUT2D eigenvalue weighted by atomic mass is 32.2. The van der Waals surface area contributed by atoms with Gasteiger partial charge in [0.25, 0.3) is 5.91 Å². The molecular weight excluding hydrogens is 370 g/mol. The van der Waals surface area contributed by atoms with Gasteiger partial charge in [-0.25, -0.2) is 12.7 Å². The number of carbonyl (C=O) groups is 1. The van der Waals surface area contributed by atoms with Crippen LogP contribution in [0.4, 0.5) is 5.69 Å². The number of benzene rings is 2. The molecule has 2 rings (SSSR count). The summed E-state index contributed by atoms with van der Waals surface area (Å²) in [6.45, 7) is -0.355. The Balaban J connectivity index is 2.18. The van der Waals surface area contributed by atoms with Gasteiger partial charge in [-0.3, -0.25) is 4.79 Å². The number of carbonyl (C=O) groups excluding carboxylic acids is 1. The molecule has 0 bridgehead atoms. The van der Waals surface area contributed by atoms with Crippen molar-refractivity contribution < 1.29 is 22.7 Å². The lowest BCUT2D eigenvalue weighted by Gasteiger charge is -2.15. The Morgan fingerprint density at radius 2 is 1.89 bits per heavy atom. The summed E-state index contributed by atoms with van der Waals surface area (Å²) in [5.41, 5.74) is 0.504. The standard InChI is InChI=1S/C18H19N3O5S/c1-21(2)27(23,24)14-8-9-17(25-3)15(10-14)20-18(22)12-26-16-7-5-4-6-13(16)11-19/h4-10H,12H2,1-3H3,(H,20,22). The van der Waals surface area contributed by atoms with Crippen molar-refractivity contribution in [1.82, 2.24) is 4.31 Å². The Labute approximate surface area is 158 Å². The zero-order valence-electron chi connectivity index (χ0n) is 15.1. The number of nitrogens with one attached hydrogen (secondary N) is 1. The summed E-state index contributed by atoms with van der Waals surface area (Å²) < 4.78 is 36.1. The average molecular weight is 389 g/mol. The fourth-order valence-electron chi connectivity index (χ4n) is 2.17. The van der Waals surface area contributed by atoms with Crippen molar-refractivity contribution in [3.63, 3.8) is 0 Å². The molecular formula is C18H19N3O5S. The second kappa shape index (κ2) is 8.53. The molecule has 0 saturated carbocycles. The van der Waals surface area contributed by atoms with Crippen molar-refractivity contribution in [3.05, 3.63) is 48.0 Å². The van der Waals surface area contributed by atoms with Crippen LogP contribution in [0.1, 0.15) is 5.56 Å². The molecule has 2 aromatic rings. The van der Waals surface area contributed by atoms with Gasteiger partial charge in [-0.15, -0.1) is 0 Å². The van der Waals surface area contributed by atoms with Crippen LogP contribution in [-0.2, 0) is 14.8 Å². The van der Waals surface area contributed by atoms with Crippen molar-refractivity contribution in [3.8, 4) is 17.6 Å². The molecule has 0 atom stereocenters. The Hall–Kier alpha value is -3.09. The van der Waals surface area contributed by atoms with Crippen LogP contribution in [0, 0.1) is 11.3 Å². The van der Waals surface area contributed by atoms with Gasteiger partial charge in [0.15, 0.2) is 6.61 Å². The van der Waals surface area contributed by atoms with Crippen LogP contribution in [0.25, 0.3) is 0 Å². The average Bonchev–Trinajstić information content (AvgIpc) is 2.66. The Kier molecular flexibility index (Phi) is 6.39. The summed E-state index contributed by atoms with van der Waals surface area (Å²) >= 11 is 0. The first-order valence-electron chi connectivity index (χ1n) is 7.82. The molecule has 0 aliphatic rings. The van der Waals surface area contributed by atoms with Crippen LogP contribution in [0.15, 0.2) is 47.4 Å². The van der Waals surface area contributed by atoms with Crippen molar-refractivity contribution in [2.75, 3.05) is 33.1 Å². The zero-order chi connectivity index (χ0) is 20.0. The molecule has 1 N–H and O–H groups in total. The maximum absolute atomic E-state index is 12.3. The van der Waals surface area contributed by atoms with Crippen molar-refractivity contribution in [1.29, 1.82) is 5.26 Å². The molecule has 2 aromatic carbocycles. The van der Waals surface area contributed by atoms with E-state index in [0.29, 0.717) is 11.3 Å². The van der Waals surface area contributed by atoms with Gasteiger partial charge in [0, 0.05) is 14.1 Å². The molecule has 0 aliphatic carbocycles. The van der Waals surface area contributed by atoms with E-state index in [1.165, 1.54) is 39.4 Å². The van der Waals surface area contributed by atoms with Gasteiger partial charge in [0.1, 0.15) is 17.6 Å². The van der Waals surface area contributed by atoms with Crippen LogP contribution < -0.4 is 14.8 Å². The third-order valence-corrected chi connectivity index (χ3v) is 5.40. The minimum absolute atomic E-state index is 0.0133. The molecule has 0 aliphatic heterocycles. The van der Waals surface area contributed by atoms with Crippen LogP contribution in [-0.4, -0.2) is 46.4 Å². The van der Waals surface area contributed by atoms with Gasteiger partial charge in [-0.05, 0) is 30.3 Å². The minimum Gasteiger partial charge on any atom is -0.495 e. The van der Waals surface area contributed by atoms with Crippen molar-refractivity contribution in [2.24, 2.45) is 0 Å². The van der Waals surface area contributed by atoms with Gasteiger partial charge in [0.2, 0.25) is 10.0 Å². The molecule has 0 fully saturated rings. The first-order chi connectivity index (χ1) is 12.8. The van der Waals surface area contributed by atoms with Gasteiger partial charge >= 0.3 is 0 Å². The molecule has 142 valence electrons. The third-order valence-electron chi connectivity index (χ3n) is 3.59. The molecule has 0 unspecified atom stereocenters. The molecule has 0 radical (unpaired) electrons. The second-order valence-corrected chi connectivity index (χ2v) is 7.75. The van der Waals surface area contributed by atoms with Crippen LogP contribution in [0.2, 0.25) is 0 Å². The third kappa shape index (κ3) is 4.75. The molecule has 1 amide bonds. The van der Waals surface area contributed by atoms with Gasteiger partial charge < -0.3 is 14.8 Å². The van der Waals surface area contributed by atoms with Crippen molar-refractivity contribution >= 4 is 21.6 Å². The molecule has 27 heavy (non-hydrogen) atoms. The smallest absolute Gasteiger partial charge is 0.262 e. The van der Waals surface area contributed by atoms with Gasteiger partial charge in [0.05, 0.1) is 23.3 Å². The number of amides is 1. The lowest BCUT2D eigenvalue weighted by molar-refractivity contribution is -0.118. The van der Waals surface area contributed by atoms with E-state index in [1.54, 1.807) is 24.3 Å². The van der Waals surface area contributed by atoms with E-state index in [1.807, 2.05) is 6.07 Å². The van der Waals surface area contributed by atoms with Gasteiger partial charge in [-0.1, -0.05) is 12.1 Å².